The van der Waals surface area contributed by atoms with E-state index in [-0.39, 0.29) is 0 Å². The van der Waals surface area contributed by atoms with E-state index in [2.05, 4.69) is 20.6 Å². The number of hydrogen-bond acceptors (Lipinski definition) is 2. The molecule has 15 heavy (non-hydrogen) atoms. The first-order valence-electron chi connectivity index (χ1n) is 4.33. The molecule has 0 unspecified atom stereocenters. The summed E-state index contributed by atoms with van der Waals surface area (Å²) in [6, 6.07) is 5.67. The van der Waals surface area contributed by atoms with Crippen molar-refractivity contribution < 1.29 is 0 Å². The molecule has 2 rings (SSSR count). The van der Waals surface area contributed by atoms with E-state index < -0.39 is 0 Å². The smallest absolute Gasteiger partial charge is 0.201 e. The molecule has 6 heteroatoms. The van der Waals surface area contributed by atoms with Crippen molar-refractivity contribution >= 4 is 45.7 Å². The van der Waals surface area contributed by atoms with Gasteiger partial charge in [0, 0.05) is 12.7 Å². The molecule has 2 aromatic rings. The quantitative estimate of drug-likeness (QED) is 0.669. The Balaban J connectivity index is 2.33. The van der Waals surface area contributed by atoms with Crippen LogP contribution in [0.1, 0.15) is 0 Å². The molecule has 78 valence electrons. The van der Waals surface area contributed by atoms with Gasteiger partial charge in [-0.15, -0.1) is 0 Å². The van der Waals surface area contributed by atoms with Crippen LogP contribution < -0.4 is 10.6 Å². The van der Waals surface area contributed by atoms with E-state index in [1.54, 1.807) is 7.05 Å². The summed E-state index contributed by atoms with van der Waals surface area (Å²) in [6.45, 7) is 0. The van der Waals surface area contributed by atoms with E-state index in [1.807, 2.05) is 18.2 Å². The fourth-order valence-corrected chi connectivity index (χ4v) is 1.56. The molecule has 0 radical (unpaired) electrons. The number of hydrogen-bond donors (Lipinski definition) is 3. The molecule has 0 fully saturated rings. The summed E-state index contributed by atoms with van der Waals surface area (Å²) in [5.41, 5.74) is 2.60. The van der Waals surface area contributed by atoms with E-state index in [0.717, 1.165) is 16.7 Å². The summed E-state index contributed by atoms with van der Waals surface area (Å²) in [6.07, 6.45) is 0. The number of anilines is 1. The molecule has 1 aromatic carbocycles. The zero-order valence-corrected chi connectivity index (χ0v) is 9.54. The molecule has 4 nitrogen and oxygen atoms in total. The minimum Gasteiger partial charge on any atom is -0.366 e. The number of nitrogens with zero attached hydrogens (tertiary/aromatic N) is 1. The summed E-state index contributed by atoms with van der Waals surface area (Å²) in [4.78, 5) is 7.03. The maximum Gasteiger partial charge on any atom is 0.201 e. The number of thiocarbonyl (C=S) groups is 1. The number of halogens is 1. The highest BCUT2D eigenvalue weighted by molar-refractivity contribution is 7.80. The Morgan fingerprint density at radius 3 is 3.07 bits per heavy atom. The lowest BCUT2D eigenvalue weighted by atomic mass is 10.3. The van der Waals surface area contributed by atoms with Gasteiger partial charge in [-0.25, -0.2) is 4.98 Å². The highest BCUT2D eigenvalue weighted by Gasteiger charge is 2.02. The van der Waals surface area contributed by atoms with E-state index >= 15 is 0 Å². The second kappa shape index (κ2) is 4.04. The van der Waals surface area contributed by atoms with E-state index in [1.165, 1.54) is 0 Å². The SMILES string of the molecule is CNC(=S)Nc1ccc2nc(Cl)[nH]c2c1. The largest absolute Gasteiger partial charge is 0.366 e. The van der Waals surface area contributed by atoms with Crippen LogP contribution in [0.2, 0.25) is 5.28 Å². The monoisotopic (exact) mass is 240 g/mol. The Morgan fingerprint density at radius 1 is 1.53 bits per heavy atom. The zero-order valence-electron chi connectivity index (χ0n) is 7.97. The standard InChI is InChI=1S/C9H9ClN4S/c1-11-9(15)12-5-2-3-6-7(4-5)14-8(10)13-6/h2-4H,1H3,(H,13,14)(H2,11,12,15). The van der Waals surface area contributed by atoms with Gasteiger partial charge in [0.25, 0.3) is 0 Å². The maximum atomic E-state index is 5.74. The molecule has 0 aliphatic carbocycles. The highest BCUT2D eigenvalue weighted by atomic mass is 35.5. The van der Waals surface area contributed by atoms with Crippen molar-refractivity contribution in [2.24, 2.45) is 0 Å². The van der Waals surface area contributed by atoms with Crippen LogP contribution in [-0.4, -0.2) is 22.1 Å². The summed E-state index contributed by atoms with van der Waals surface area (Å²) in [5.74, 6) is 0. The van der Waals surface area contributed by atoms with Gasteiger partial charge < -0.3 is 15.6 Å². The fourth-order valence-electron chi connectivity index (χ4n) is 1.25. The number of benzene rings is 1. The number of H-pyrrole nitrogens is 1. The highest BCUT2D eigenvalue weighted by Crippen LogP contribution is 2.18. The van der Waals surface area contributed by atoms with Crippen molar-refractivity contribution in [3.05, 3.63) is 23.5 Å². The molecule has 0 bridgehead atoms. The second-order valence-corrected chi connectivity index (χ2v) is 3.73. The average molecular weight is 241 g/mol. The zero-order chi connectivity index (χ0) is 10.8. The predicted octanol–water partition coefficient (Wildman–Crippen LogP) is 2.13. The summed E-state index contributed by atoms with van der Waals surface area (Å²) < 4.78 is 0. The normalized spacial score (nSPS) is 10.3. The summed E-state index contributed by atoms with van der Waals surface area (Å²) >= 11 is 10.7. The van der Waals surface area contributed by atoms with Crippen LogP contribution >= 0.6 is 23.8 Å². The van der Waals surface area contributed by atoms with Crippen LogP contribution in [0.25, 0.3) is 11.0 Å². The van der Waals surface area contributed by atoms with Crippen molar-refractivity contribution in [3.63, 3.8) is 0 Å². The van der Waals surface area contributed by atoms with Crippen LogP contribution in [0, 0.1) is 0 Å². The lowest BCUT2D eigenvalue weighted by molar-refractivity contribution is 1.20. The molecular formula is C9H9ClN4S. The third kappa shape index (κ3) is 2.19. The Hall–Kier alpha value is -1.33. The molecule has 0 aliphatic rings. The molecule has 0 atom stereocenters. The molecule has 1 heterocycles. The average Bonchev–Trinajstić information content (AvgIpc) is 2.57. The van der Waals surface area contributed by atoms with Crippen molar-refractivity contribution in [2.45, 2.75) is 0 Å². The van der Waals surface area contributed by atoms with E-state index in [4.69, 9.17) is 23.8 Å². The van der Waals surface area contributed by atoms with Crippen molar-refractivity contribution in [3.8, 4) is 0 Å². The van der Waals surface area contributed by atoms with Gasteiger partial charge in [-0.2, -0.15) is 0 Å². The Bertz CT molecular complexity index is 508. The van der Waals surface area contributed by atoms with Crippen LogP contribution in [-0.2, 0) is 0 Å². The van der Waals surface area contributed by atoms with E-state index in [0.29, 0.717) is 10.4 Å². The summed E-state index contributed by atoms with van der Waals surface area (Å²) in [5, 5.41) is 6.81. The lowest BCUT2D eigenvalue weighted by Gasteiger charge is -2.06. The number of aromatic nitrogens is 2. The first kappa shape index (κ1) is 10.2. The molecule has 3 N–H and O–H groups in total. The lowest BCUT2D eigenvalue weighted by Crippen LogP contribution is -2.23. The number of nitrogens with one attached hydrogen (secondary N) is 3. The first-order chi connectivity index (χ1) is 7.19. The first-order valence-corrected chi connectivity index (χ1v) is 5.11. The van der Waals surface area contributed by atoms with Crippen LogP contribution in [0.5, 0.6) is 0 Å². The van der Waals surface area contributed by atoms with Gasteiger partial charge in [-0.1, -0.05) is 0 Å². The molecule has 1 aromatic heterocycles. The van der Waals surface area contributed by atoms with Gasteiger partial charge in [-0.05, 0) is 42.0 Å². The molecule has 0 saturated heterocycles. The van der Waals surface area contributed by atoms with Gasteiger partial charge in [0.2, 0.25) is 5.28 Å². The molecule has 0 aliphatic heterocycles. The minimum atomic E-state index is 0.387. The van der Waals surface area contributed by atoms with Crippen molar-refractivity contribution in [2.75, 3.05) is 12.4 Å². The van der Waals surface area contributed by atoms with Gasteiger partial charge in [-0.3, -0.25) is 0 Å². The number of fused-ring (bicyclic) bond motifs is 1. The second-order valence-electron chi connectivity index (χ2n) is 2.96. The number of imidazole rings is 1. The van der Waals surface area contributed by atoms with Crippen LogP contribution in [0.15, 0.2) is 18.2 Å². The van der Waals surface area contributed by atoms with Crippen molar-refractivity contribution in [1.29, 1.82) is 0 Å². The van der Waals surface area contributed by atoms with Gasteiger partial charge >= 0.3 is 0 Å². The van der Waals surface area contributed by atoms with Crippen LogP contribution in [0.4, 0.5) is 5.69 Å². The molecule has 0 saturated carbocycles. The number of aromatic amines is 1. The minimum absolute atomic E-state index is 0.387. The predicted molar refractivity (Wildman–Crippen MR) is 66.4 cm³/mol. The van der Waals surface area contributed by atoms with Gasteiger partial charge in [0.15, 0.2) is 5.11 Å². The third-order valence-electron chi connectivity index (χ3n) is 1.94. The van der Waals surface area contributed by atoms with Crippen molar-refractivity contribution in [1.82, 2.24) is 15.3 Å². The summed E-state index contributed by atoms with van der Waals surface area (Å²) in [7, 11) is 1.76. The Morgan fingerprint density at radius 2 is 2.33 bits per heavy atom. The van der Waals surface area contributed by atoms with Gasteiger partial charge in [0.1, 0.15) is 0 Å². The molecule has 0 amide bonds. The topological polar surface area (TPSA) is 52.7 Å². The Kier molecular flexibility index (Phi) is 2.75. The number of rotatable bonds is 1. The maximum absolute atomic E-state index is 5.74. The third-order valence-corrected chi connectivity index (χ3v) is 2.42. The van der Waals surface area contributed by atoms with Gasteiger partial charge in [0.05, 0.1) is 11.0 Å². The molecule has 0 spiro atoms. The van der Waals surface area contributed by atoms with Crippen LogP contribution in [0.3, 0.4) is 0 Å². The molecular weight excluding hydrogens is 232 g/mol. The van der Waals surface area contributed by atoms with E-state index in [9.17, 15) is 0 Å². The Labute approximate surface area is 97.0 Å². The fraction of sp³-hybridized carbons (Fsp3) is 0.111.